The van der Waals surface area contributed by atoms with Crippen molar-refractivity contribution in [2.45, 2.75) is 13.0 Å². The first-order valence-corrected chi connectivity index (χ1v) is 7.99. The number of nitrogens with one attached hydrogen (secondary N) is 2. The lowest BCUT2D eigenvalue weighted by Gasteiger charge is -2.14. The average molecular weight is 362 g/mol. The van der Waals surface area contributed by atoms with Crippen LogP contribution in [0.1, 0.15) is 23.0 Å². The van der Waals surface area contributed by atoms with Crippen molar-refractivity contribution in [2.75, 3.05) is 5.32 Å². The molecule has 0 aliphatic heterocycles. The van der Waals surface area contributed by atoms with Gasteiger partial charge in [-0.2, -0.15) is 10.4 Å². The summed E-state index contributed by atoms with van der Waals surface area (Å²) >= 11 is 0. The molecule has 8 nitrogen and oxygen atoms in total. The van der Waals surface area contributed by atoms with Gasteiger partial charge in [0, 0.05) is 11.1 Å². The number of carbonyl (C=O) groups is 2. The minimum atomic E-state index is -1.12. The predicted octanol–water partition coefficient (Wildman–Crippen LogP) is 1.98. The topological polar surface area (TPSA) is 125 Å². The average Bonchev–Trinajstić information content (AvgIpc) is 2.68. The summed E-state index contributed by atoms with van der Waals surface area (Å²) in [5.74, 6) is -1.40. The van der Waals surface area contributed by atoms with Crippen LogP contribution in [0.25, 0.3) is 10.8 Å². The second kappa shape index (κ2) is 7.49. The number of anilines is 1. The SMILES string of the molecule is C[C@H](OC(=O)c1n[nH]c(=O)c2ccccc12)C(=O)Nc1cccc(C#N)c1. The monoisotopic (exact) mass is 362 g/mol. The standard InChI is InChI=1S/C19H14N4O4/c1-11(17(24)21-13-6-4-5-12(9-13)10-20)27-19(26)16-14-7-2-3-8-15(14)18(25)23-22-16/h2-9,11H,1H3,(H,21,24)(H,23,25)/t11-/m0/s1. The molecule has 1 amide bonds. The third kappa shape index (κ3) is 3.82. The second-order valence-electron chi connectivity index (χ2n) is 5.68. The number of benzene rings is 2. The van der Waals surface area contributed by atoms with Crippen LogP contribution in [0.15, 0.2) is 53.3 Å². The number of amides is 1. The molecule has 3 aromatic rings. The molecule has 0 aliphatic rings. The Kier molecular flexibility index (Phi) is 4.95. The summed E-state index contributed by atoms with van der Waals surface area (Å²) in [6.45, 7) is 1.41. The highest BCUT2D eigenvalue weighted by atomic mass is 16.5. The van der Waals surface area contributed by atoms with Gasteiger partial charge in [0.1, 0.15) is 0 Å². The third-order valence-electron chi connectivity index (χ3n) is 3.80. The Balaban J connectivity index is 1.76. The van der Waals surface area contributed by atoms with Crippen LogP contribution >= 0.6 is 0 Å². The summed E-state index contributed by atoms with van der Waals surface area (Å²) < 4.78 is 5.17. The maximum absolute atomic E-state index is 12.4. The summed E-state index contributed by atoms with van der Waals surface area (Å²) in [5.41, 5.74) is 0.289. The van der Waals surface area contributed by atoms with Crippen LogP contribution in [0, 0.1) is 11.3 Å². The van der Waals surface area contributed by atoms with Gasteiger partial charge in [0.25, 0.3) is 11.5 Å². The number of hydrogen-bond acceptors (Lipinski definition) is 6. The molecule has 8 heteroatoms. The number of rotatable bonds is 4. The molecule has 0 aliphatic carbocycles. The van der Waals surface area contributed by atoms with Crippen LogP contribution in [0.4, 0.5) is 5.69 Å². The van der Waals surface area contributed by atoms with Gasteiger partial charge in [0.2, 0.25) is 0 Å². The molecule has 27 heavy (non-hydrogen) atoms. The normalized spacial score (nSPS) is 11.4. The summed E-state index contributed by atoms with van der Waals surface area (Å²) in [4.78, 5) is 36.4. The molecular weight excluding hydrogens is 348 g/mol. The van der Waals surface area contributed by atoms with Crippen LogP contribution in [0.2, 0.25) is 0 Å². The molecule has 0 bridgehead atoms. The molecule has 2 N–H and O–H groups in total. The number of nitrogens with zero attached hydrogens (tertiary/aromatic N) is 2. The van der Waals surface area contributed by atoms with Crippen LogP contribution in [-0.2, 0) is 9.53 Å². The van der Waals surface area contributed by atoms with Gasteiger partial charge < -0.3 is 10.1 Å². The quantitative estimate of drug-likeness (QED) is 0.684. The molecule has 0 saturated carbocycles. The van der Waals surface area contributed by atoms with E-state index in [4.69, 9.17) is 10.00 Å². The smallest absolute Gasteiger partial charge is 0.360 e. The van der Waals surface area contributed by atoms with Gasteiger partial charge in [0.15, 0.2) is 11.8 Å². The van der Waals surface area contributed by atoms with E-state index < -0.39 is 23.5 Å². The number of ether oxygens (including phenoxy) is 1. The molecular formula is C19H14N4O4. The molecule has 0 unspecified atom stereocenters. The van der Waals surface area contributed by atoms with E-state index in [1.54, 1.807) is 42.5 Å². The van der Waals surface area contributed by atoms with Gasteiger partial charge in [-0.25, -0.2) is 9.89 Å². The van der Waals surface area contributed by atoms with Crippen LogP contribution in [0.3, 0.4) is 0 Å². The molecule has 1 heterocycles. The largest absolute Gasteiger partial charge is 0.448 e. The molecule has 0 radical (unpaired) electrons. The van der Waals surface area contributed by atoms with Crippen LogP contribution in [-0.4, -0.2) is 28.2 Å². The lowest BCUT2D eigenvalue weighted by molar-refractivity contribution is -0.123. The van der Waals surface area contributed by atoms with Gasteiger partial charge >= 0.3 is 5.97 Å². The Morgan fingerprint density at radius 2 is 1.93 bits per heavy atom. The molecule has 134 valence electrons. The first-order chi connectivity index (χ1) is 13.0. The molecule has 0 spiro atoms. The van der Waals surface area contributed by atoms with Gasteiger partial charge in [-0.3, -0.25) is 9.59 Å². The Morgan fingerprint density at radius 1 is 1.19 bits per heavy atom. The van der Waals surface area contributed by atoms with Crippen molar-refractivity contribution in [3.05, 3.63) is 70.1 Å². The predicted molar refractivity (Wildman–Crippen MR) is 97.0 cm³/mol. The molecule has 1 atom stereocenters. The van der Waals surface area contributed by atoms with Crippen molar-refractivity contribution in [1.82, 2.24) is 10.2 Å². The van der Waals surface area contributed by atoms with Gasteiger partial charge in [0.05, 0.1) is 17.0 Å². The first kappa shape index (κ1) is 17.8. The molecule has 1 aromatic heterocycles. The zero-order valence-corrected chi connectivity index (χ0v) is 14.2. The number of nitriles is 1. The molecule has 2 aromatic carbocycles. The minimum absolute atomic E-state index is 0.0867. The minimum Gasteiger partial charge on any atom is -0.448 e. The number of aromatic nitrogens is 2. The van der Waals surface area contributed by atoms with Crippen molar-refractivity contribution in [1.29, 1.82) is 5.26 Å². The highest BCUT2D eigenvalue weighted by molar-refractivity contribution is 6.03. The van der Waals surface area contributed by atoms with E-state index in [1.165, 1.54) is 13.0 Å². The van der Waals surface area contributed by atoms with E-state index in [9.17, 15) is 14.4 Å². The van der Waals surface area contributed by atoms with E-state index >= 15 is 0 Å². The van der Waals surface area contributed by atoms with Crippen LogP contribution in [0.5, 0.6) is 0 Å². The zero-order chi connectivity index (χ0) is 19.4. The highest BCUT2D eigenvalue weighted by Crippen LogP contribution is 2.15. The maximum atomic E-state index is 12.4. The van der Waals surface area contributed by atoms with Crippen molar-refractivity contribution < 1.29 is 14.3 Å². The number of esters is 1. The number of aromatic amines is 1. The fraction of sp³-hybridized carbons (Fsp3) is 0.105. The number of fused-ring (bicyclic) bond motifs is 1. The number of hydrogen-bond donors (Lipinski definition) is 2. The molecule has 0 fully saturated rings. The third-order valence-corrected chi connectivity index (χ3v) is 3.80. The maximum Gasteiger partial charge on any atom is 0.360 e. The summed E-state index contributed by atoms with van der Waals surface area (Å²) in [6.07, 6.45) is -1.12. The zero-order valence-electron chi connectivity index (χ0n) is 14.2. The Bertz CT molecular complexity index is 1130. The Morgan fingerprint density at radius 3 is 2.67 bits per heavy atom. The number of carbonyl (C=O) groups excluding carboxylic acids is 2. The summed E-state index contributed by atoms with van der Waals surface area (Å²) in [6, 6.07) is 14.8. The lowest BCUT2D eigenvalue weighted by Crippen LogP contribution is -2.30. The van der Waals surface area contributed by atoms with Crippen molar-refractivity contribution in [3.8, 4) is 6.07 Å². The van der Waals surface area contributed by atoms with E-state index in [-0.39, 0.29) is 5.69 Å². The molecule has 3 rings (SSSR count). The van der Waals surface area contributed by atoms with Gasteiger partial charge in [-0.1, -0.05) is 24.3 Å². The van der Waals surface area contributed by atoms with Gasteiger partial charge in [-0.05, 0) is 31.2 Å². The second-order valence-corrected chi connectivity index (χ2v) is 5.68. The lowest BCUT2D eigenvalue weighted by atomic mass is 10.1. The first-order valence-electron chi connectivity index (χ1n) is 7.99. The Labute approximate surface area is 153 Å². The van der Waals surface area contributed by atoms with E-state index in [2.05, 4.69) is 15.5 Å². The van der Waals surface area contributed by atoms with E-state index in [1.807, 2.05) is 6.07 Å². The fourth-order valence-electron chi connectivity index (χ4n) is 2.45. The number of H-pyrrole nitrogens is 1. The fourth-order valence-corrected chi connectivity index (χ4v) is 2.45. The van der Waals surface area contributed by atoms with E-state index in [0.29, 0.717) is 22.0 Å². The van der Waals surface area contributed by atoms with Crippen LogP contribution < -0.4 is 10.9 Å². The summed E-state index contributed by atoms with van der Waals surface area (Å²) in [7, 11) is 0. The highest BCUT2D eigenvalue weighted by Gasteiger charge is 2.22. The Hall–Kier alpha value is -3.99. The van der Waals surface area contributed by atoms with E-state index in [0.717, 1.165) is 0 Å². The molecule has 0 saturated heterocycles. The van der Waals surface area contributed by atoms with Crippen molar-refractivity contribution in [2.24, 2.45) is 0 Å². The van der Waals surface area contributed by atoms with Crippen molar-refractivity contribution >= 4 is 28.3 Å². The summed E-state index contributed by atoms with van der Waals surface area (Å²) in [5, 5.41) is 18.1. The van der Waals surface area contributed by atoms with Crippen molar-refractivity contribution in [3.63, 3.8) is 0 Å². The van der Waals surface area contributed by atoms with Gasteiger partial charge in [-0.15, -0.1) is 0 Å².